The van der Waals surface area contributed by atoms with Gasteiger partial charge in [-0.25, -0.2) is 9.80 Å². The van der Waals surface area contributed by atoms with E-state index >= 15 is 0 Å². The molecule has 2 amide bonds. The molecule has 1 heterocycles. The summed E-state index contributed by atoms with van der Waals surface area (Å²) in [7, 11) is 0. The van der Waals surface area contributed by atoms with Crippen molar-refractivity contribution in [2.45, 2.75) is 5.92 Å². The molecule has 35 heavy (non-hydrogen) atoms. The zero-order valence-corrected chi connectivity index (χ0v) is 20.1. The molecule has 4 aromatic carbocycles. The maximum absolute atomic E-state index is 13.1. The van der Waals surface area contributed by atoms with Crippen LogP contribution in [0.1, 0.15) is 17.0 Å². The van der Waals surface area contributed by atoms with E-state index < -0.39 is 0 Å². The number of benzene rings is 4. The number of hydrogen-bond donors (Lipinski definition) is 1. The Morgan fingerprint density at radius 3 is 2.06 bits per heavy atom. The third-order valence-corrected chi connectivity index (χ3v) is 6.15. The molecule has 0 fully saturated rings. The number of hydrogen-bond acceptors (Lipinski definition) is 3. The van der Waals surface area contributed by atoms with Crippen LogP contribution in [0, 0.1) is 0 Å². The van der Waals surface area contributed by atoms with Crippen molar-refractivity contribution < 1.29 is 9.53 Å². The Morgan fingerprint density at radius 2 is 1.40 bits per heavy atom. The van der Waals surface area contributed by atoms with Gasteiger partial charge in [0.2, 0.25) is 0 Å². The Morgan fingerprint density at radius 1 is 0.800 bits per heavy atom. The van der Waals surface area contributed by atoms with Gasteiger partial charge in [0.25, 0.3) is 0 Å². The zero-order valence-electron chi connectivity index (χ0n) is 18.6. The van der Waals surface area contributed by atoms with E-state index in [1.165, 1.54) is 5.01 Å². The minimum absolute atomic E-state index is 0.0964. The number of nitrogens with one attached hydrogen (secondary N) is 1. The number of amides is 2. The Kier molecular flexibility index (Phi) is 6.70. The first kappa shape index (κ1) is 23.0. The van der Waals surface area contributed by atoms with E-state index in [9.17, 15) is 4.79 Å². The number of hydrazone groups is 1. The number of para-hydroxylation sites is 1. The first-order chi connectivity index (χ1) is 17.0. The summed E-state index contributed by atoms with van der Waals surface area (Å²) in [5, 5.41) is 10.4. The molecule has 0 saturated carbocycles. The third-order valence-electron chi connectivity index (χ3n) is 5.65. The molecule has 1 aliphatic rings. The molecule has 174 valence electrons. The molecule has 5 nitrogen and oxygen atoms in total. The van der Waals surface area contributed by atoms with Gasteiger partial charge in [0.1, 0.15) is 11.5 Å². The normalized spacial score (nSPS) is 15.0. The van der Waals surface area contributed by atoms with Gasteiger partial charge in [0.15, 0.2) is 0 Å². The first-order valence-electron chi connectivity index (χ1n) is 11.1. The molecule has 0 aromatic heterocycles. The molecular formula is C28H21Cl2N3O2. The Balaban J connectivity index is 1.33. The summed E-state index contributed by atoms with van der Waals surface area (Å²) in [4.78, 5) is 13.1. The number of nitrogens with zero attached hydrogens (tertiary/aromatic N) is 2. The largest absolute Gasteiger partial charge is 0.457 e. The van der Waals surface area contributed by atoms with Crippen LogP contribution in [0.3, 0.4) is 0 Å². The highest BCUT2D eigenvalue weighted by atomic mass is 35.5. The van der Waals surface area contributed by atoms with Gasteiger partial charge in [0, 0.05) is 21.7 Å². The van der Waals surface area contributed by atoms with Crippen LogP contribution >= 0.6 is 23.2 Å². The van der Waals surface area contributed by atoms with Crippen LogP contribution < -0.4 is 10.1 Å². The number of halogens is 2. The molecule has 0 saturated heterocycles. The lowest BCUT2D eigenvalue weighted by atomic mass is 9.91. The van der Waals surface area contributed by atoms with E-state index in [2.05, 4.69) is 10.4 Å². The van der Waals surface area contributed by atoms with Crippen molar-refractivity contribution in [3.63, 3.8) is 0 Å². The van der Waals surface area contributed by atoms with Gasteiger partial charge in [-0.2, -0.15) is 5.10 Å². The highest BCUT2D eigenvalue weighted by Gasteiger charge is 2.32. The molecule has 7 heteroatoms. The summed E-state index contributed by atoms with van der Waals surface area (Å²) in [6.07, 6.45) is 0. The molecule has 0 radical (unpaired) electrons. The first-order valence-corrected chi connectivity index (χ1v) is 11.8. The average Bonchev–Trinajstić information content (AvgIpc) is 3.32. The van der Waals surface area contributed by atoms with E-state index in [-0.39, 0.29) is 11.9 Å². The van der Waals surface area contributed by atoms with Crippen molar-refractivity contribution >= 4 is 40.6 Å². The lowest BCUT2D eigenvalue weighted by Crippen LogP contribution is -2.30. The Labute approximate surface area is 213 Å². The predicted octanol–water partition coefficient (Wildman–Crippen LogP) is 7.82. The maximum atomic E-state index is 13.1. The average molecular weight is 502 g/mol. The summed E-state index contributed by atoms with van der Waals surface area (Å²) < 4.78 is 5.82. The van der Waals surface area contributed by atoms with Crippen LogP contribution in [-0.2, 0) is 0 Å². The molecule has 1 unspecified atom stereocenters. The summed E-state index contributed by atoms with van der Waals surface area (Å²) in [5.41, 5.74) is 3.38. The zero-order chi connectivity index (χ0) is 24.2. The number of anilines is 1. The SMILES string of the molecule is O=C(Nc1ccc(Oc2ccccc2)cc1)N1CC(c2ccc(Cl)cc2)C(c2ccc(Cl)cc2)=N1. The van der Waals surface area contributed by atoms with Crippen LogP contribution in [0.25, 0.3) is 0 Å². The maximum Gasteiger partial charge on any atom is 0.342 e. The lowest BCUT2D eigenvalue weighted by molar-refractivity contribution is 0.218. The van der Waals surface area contributed by atoms with E-state index in [0.29, 0.717) is 28.0 Å². The fourth-order valence-corrected chi connectivity index (χ4v) is 4.14. The standard InChI is InChI=1S/C28H21Cl2N3O2/c29-21-10-6-19(7-11-21)26-18-33(32-27(26)20-8-12-22(30)13-9-20)28(34)31-23-14-16-25(17-15-23)35-24-4-2-1-3-5-24/h1-17,26H,18H2,(H,31,34). The highest BCUT2D eigenvalue weighted by Crippen LogP contribution is 2.31. The van der Waals surface area contributed by atoms with Gasteiger partial charge in [-0.15, -0.1) is 0 Å². The Bertz CT molecular complexity index is 1340. The molecular weight excluding hydrogens is 481 g/mol. The summed E-state index contributed by atoms with van der Waals surface area (Å²) >= 11 is 12.2. The minimum atomic E-state index is -0.315. The lowest BCUT2D eigenvalue weighted by Gasteiger charge is -2.16. The second-order valence-corrected chi connectivity index (χ2v) is 8.92. The molecule has 5 rings (SSSR count). The molecule has 0 bridgehead atoms. The number of ether oxygens (including phenoxy) is 1. The number of urea groups is 1. The smallest absolute Gasteiger partial charge is 0.342 e. The molecule has 0 spiro atoms. The van der Waals surface area contributed by atoms with E-state index in [4.69, 9.17) is 27.9 Å². The van der Waals surface area contributed by atoms with Gasteiger partial charge in [-0.05, 0) is 71.8 Å². The predicted molar refractivity (Wildman–Crippen MR) is 141 cm³/mol. The topological polar surface area (TPSA) is 53.9 Å². The van der Waals surface area contributed by atoms with Crippen LogP contribution in [0.5, 0.6) is 11.5 Å². The van der Waals surface area contributed by atoms with Crippen molar-refractivity contribution in [3.8, 4) is 11.5 Å². The molecule has 4 aromatic rings. The highest BCUT2D eigenvalue weighted by molar-refractivity contribution is 6.31. The van der Waals surface area contributed by atoms with Crippen LogP contribution in [0.2, 0.25) is 10.0 Å². The second kappa shape index (κ2) is 10.2. The number of carbonyl (C=O) groups excluding carboxylic acids is 1. The van der Waals surface area contributed by atoms with E-state index in [1.54, 1.807) is 12.1 Å². The molecule has 1 aliphatic heterocycles. The summed E-state index contributed by atoms with van der Waals surface area (Å²) in [5.74, 6) is 1.33. The number of rotatable bonds is 5. The fraction of sp³-hybridized carbons (Fsp3) is 0.0714. The third kappa shape index (κ3) is 5.48. The van der Waals surface area contributed by atoms with Gasteiger partial charge in [-0.1, -0.05) is 65.7 Å². The van der Waals surface area contributed by atoms with Crippen molar-refractivity contribution in [3.05, 3.63) is 124 Å². The van der Waals surface area contributed by atoms with E-state index in [1.807, 2.05) is 91.0 Å². The van der Waals surface area contributed by atoms with Crippen molar-refractivity contribution in [2.75, 3.05) is 11.9 Å². The summed E-state index contributed by atoms with van der Waals surface area (Å²) in [6, 6.07) is 31.5. The van der Waals surface area contributed by atoms with Crippen molar-refractivity contribution in [1.29, 1.82) is 0 Å². The second-order valence-electron chi connectivity index (χ2n) is 8.05. The molecule has 0 aliphatic carbocycles. The summed E-state index contributed by atoms with van der Waals surface area (Å²) in [6.45, 7) is 0.403. The molecule has 1 N–H and O–H groups in total. The molecule has 1 atom stereocenters. The van der Waals surface area contributed by atoms with Crippen LogP contribution in [-0.4, -0.2) is 23.3 Å². The van der Waals surface area contributed by atoms with E-state index in [0.717, 1.165) is 22.6 Å². The quantitative estimate of drug-likeness (QED) is 0.303. The van der Waals surface area contributed by atoms with Crippen LogP contribution in [0.15, 0.2) is 108 Å². The van der Waals surface area contributed by atoms with Crippen molar-refractivity contribution in [1.82, 2.24) is 5.01 Å². The Hall–Kier alpha value is -3.80. The van der Waals surface area contributed by atoms with Crippen molar-refractivity contribution in [2.24, 2.45) is 5.10 Å². The monoisotopic (exact) mass is 501 g/mol. The minimum Gasteiger partial charge on any atom is -0.457 e. The van der Waals surface area contributed by atoms with Gasteiger partial charge >= 0.3 is 6.03 Å². The van der Waals surface area contributed by atoms with Gasteiger partial charge in [-0.3, -0.25) is 0 Å². The van der Waals surface area contributed by atoms with Crippen LogP contribution in [0.4, 0.5) is 10.5 Å². The van der Waals surface area contributed by atoms with Gasteiger partial charge in [0.05, 0.1) is 12.3 Å². The fourth-order valence-electron chi connectivity index (χ4n) is 3.89. The number of carbonyl (C=O) groups is 1. The van der Waals surface area contributed by atoms with Gasteiger partial charge < -0.3 is 10.1 Å².